The number of methoxy groups -OCH3 is 1. The molecule has 4 atom stereocenters. The van der Waals surface area contributed by atoms with Gasteiger partial charge in [0.15, 0.2) is 11.0 Å². The predicted octanol–water partition coefficient (Wildman–Crippen LogP) is 2.88. The molecule has 4 rings (SSSR count). The van der Waals surface area contributed by atoms with Gasteiger partial charge in [-0.25, -0.2) is 19.0 Å². The second kappa shape index (κ2) is 6.55. The molecule has 1 saturated carbocycles. The highest BCUT2D eigenvalue weighted by atomic mass is 35.5. The van der Waals surface area contributed by atoms with E-state index >= 15 is 0 Å². The molecule has 1 aliphatic carbocycles. The van der Waals surface area contributed by atoms with E-state index in [0.29, 0.717) is 17.6 Å². The second-order valence-electron chi connectivity index (χ2n) is 8.50. The van der Waals surface area contributed by atoms with Crippen LogP contribution in [-0.4, -0.2) is 57.0 Å². The third kappa shape index (κ3) is 3.11. The van der Waals surface area contributed by atoms with Gasteiger partial charge >= 0.3 is 12.1 Å². The quantitative estimate of drug-likeness (QED) is 0.544. The molecule has 0 radical (unpaired) electrons. The Balaban J connectivity index is 1.67. The van der Waals surface area contributed by atoms with Crippen LogP contribution in [0.5, 0.6) is 0 Å². The molecule has 3 heterocycles. The largest absolute Gasteiger partial charge is 0.467 e. The number of aryl methyl sites for hydroxylation is 1. The number of fused-ring (bicyclic) bond motifs is 2. The van der Waals surface area contributed by atoms with Crippen LogP contribution in [0.2, 0.25) is 5.15 Å². The van der Waals surface area contributed by atoms with E-state index in [1.165, 1.54) is 22.9 Å². The Morgan fingerprint density at radius 3 is 2.66 bits per heavy atom. The third-order valence-corrected chi connectivity index (χ3v) is 5.80. The van der Waals surface area contributed by atoms with Crippen LogP contribution in [0.15, 0.2) is 6.20 Å². The van der Waals surface area contributed by atoms with Crippen molar-refractivity contribution in [2.75, 3.05) is 13.7 Å². The van der Waals surface area contributed by atoms with Crippen LogP contribution < -0.4 is 0 Å². The van der Waals surface area contributed by atoms with Crippen molar-refractivity contribution in [3.8, 4) is 0 Å². The van der Waals surface area contributed by atoms with Crippen LogP contribution in [0.3, 0.4) is 0 Å². The van der Waals surface area contributed by atoms with Gasteiger partial charge in [-0.1, -0.05) is 11.6 Å². The fourth-order valence-electron chi connectivity index (χ4n) is 4.38. The molecule has 29 heavy (non-hydrogen) atoms. The molecule has 1 aliphatic heterocycles. The first-order valence-electron chi connectivity index (χ1n) is 9.29. The Morgan fingerprint density at radius 1 is 1.34 bits per heavy atom. The molecule has 1 saturated heterocycles. The molecular weight excluding hydrogens is 403 g/mol. The van der Waals surface area contributed by atoms with E-state index in [0.717, 1.165) is 0 Å². The molecule has 0 N–H and O–H groups in total. The van der Waals surface area contributed by atoms with Crippen LogP contribution in [0.1, 0.15) is 32.4 Å². The standard InChI is InChI=1S/C19H22ClFN4O4/c1-19(2,3)29-18(27)25-7-9-10(11(9)15(25)17(26)28-5)13-8-6-22-16(20)12(21)14(8)24(4)23-13/h6,9-11,15H,7H2,1-5H3. The number of hydrogen-bond acceptors (Lipinski definition) is 6. The van der Waals surface area contributed by atoms with E-state index in [4.69, 9.17) is 21.1 Å². The summed E-state index contributed by atoms with van der Waals surface area (Å²) < 4.78 is 26.3. The predicted molar refractivity (Wildman–Crippen MR) is 102 cm³/mol. The number of ether oxygens (including phenoxy) is 2. The Hall–Kier alpha value is -2.42. The summed E-state index contributed by atoms with van der Waals surface area (Å²) in [5.74, 6) is -1.41. The number of hydrogen-bond donors (Lipinski definition) is 0. The summed E-state index contributed by atoms with van der Waals surface area (Å²) in [6.07, 6.45) is 0.944. The molecule has 2 aromatic heterocycles. The summed E-state index contributed by atoms with van der Waals surface area (Å²) in [5.41, 5.74) is 0.241. The van der Waals surface area contributed by atoms with Gasteiger partial charge in [0.2, 0.25) is 0 Å². The Labute approximate surface area is 171 Å². The van der Waals surface area contributed by atoms with Crippen molar-refractivity contribution in [3.05, 3.63) is 22.9 Å². The molecule has 156 valence electrons. The first-order valence-corrected chi connectivity index (χ1v) is 9.67. The molecular formula is C19H22ClFN4O4. The van der Waals surface area contributed by atoms with Crippen molar-refractivity contribution < 1.29 is 23.5 Å². The monoisotopic (exact) mass is 424 g/mol. The highest BCUT2D eigenvalue weighted by Crippen LogP contribution is 2.62. The number of likely N-dealkylation sites (tertiary alicyclic amines) is 1. The molecule has 4 unspecified atom stereocenters. The minimum absolute atomic E-state index is 0.00320. The topological polar surface area (TPSA) is 86.5 Å². The van der Waals surface area contributed by atoms with Gasteiger partial charge in [0.05, 0.1) is 12.8 Å². The number of piperidine rings is 1. The second-order valence-corrected chi connectivity index (χ2v) is 8.86. The van der Waals surface area contributed by atoms with Gasteiger partial charge in [-0.3, -0.25) is 9.58 Å². The molecule has 2 aliphatic rings. The molecule has 10 heteroatoms. The average molecular weight is 425 g/mol. The Kier molecular flexibility index (Phi) is 4.49. The summed E-state index contributed by atoms with van der Waals surface area (Å²) in [6.45, 7) is 5.64. The van der Waals surface area contributed by atoms with Gasteiger partial charge in [0, 0.05) is 37.0 Å². The SMILES string of the molecule is COC(=O)C1C2C(CN1C(=O)OC(C)(C)C)C2c1nn(C)c2c(F)c(Cl)ncc12. The average Bonchev–Trinajstić information content (AvgIpc) is 3.01. The van der Waals surface area contributed by atoms with Crippen molar-refractivity contribution in [3.63, 3.8) is 0 Å². The van der Waals surface area contributed by atoms with Gasteiger partial charge in [0.25, 0.3) is 0 Å². The number of aromatic nitrogens is 3. The van der Waals surface area contributed by atoms with E-state index in [-0.39, 0.29) is 28.4 Å². The molecule has 0 aromatic carbocycles. The van der Waals surface area contributed by atoms with E-state index in [1.54, 1.807) is 27.8 Å². The highest BCUT2D eigenvalue weighted by molar-refractivity contribution is 6.30. The summed E-state index contributed by atoms with van der Waals surface area (Å²) in [4.78, 5) is 30.4. The van der Waals surface area contributed by atoms with Gasteiger partial charge in [-0.05, 0) is 26.7 Å². The fourth-order valence-corrected chi connectivity index (χ4v) is 4.52. The van der Waals surface area contributed by atoms with Gasteiger partial charge in [-0.2, -0.15) is 5.10 Å². The lowest BCUT2D eigenvalue weighted by atomic mass is 10.1. The number of carbonyl (C=O) groups excluding carboxylic acids is 2. The lowest BCUT2D eigenvalue weighted by molar-refractivity contribution is -0.146. The van der Waals surface area contributed by atoms with Crippen molar-refractivity contribution in [1.29, 1.82) is 0 Å². The van der Waals surface area contributed by atoms with Crippen molar-refractivity contribution in [2.24, 2.45) is 18.9 Å². The molecule has 2 fully saturated rings. The number of amides is 1. The maximum absolute atomic E-state index is 14.4. The highest BCUT2D eigenvalue weighted by Gasteiger charge is 2.67. The minimum atomic E-state index is -0.771. The van der Waals surface area contributed by atoms with Crippen LogP contribution in [0, 0.1) is 17.7 Å². The summed E-state index contributed by atoms with van der Waals surface area (Å²) in [7, 11) is 2.92. The van der Waals surface area contributed by atoms with E-state index < -0.39 is 29.5 Å². The molecule has 0 bridgehead atoms. The minimum Gasteiger partial charge on any atom is -0.467 e. The van der Waals surface area contributed by atoms with Crippen molar-refractivity contribution >= 4 is 34.6 Å². The van der Waals surface area contributed by atoms with Crippen LogP contribution in [0.25, 0.3) is 10.9 Å². The summed E-state index contributed by atoms with van der Waals surface area (Å²) in [5, 5.41) is 4.82. The van der Waals surface area contributed by atoms with Crippen LogP contribution in [-0.2, 0) is 21.3 Å². The van der Waals surface area contributed by atoms with Crippen molar-refractivity contribution in [2.45, 2.75) is 38.3 Å². The maximum atomic E-state index is 14.4. The number of carbonyl (C=O) groups is 2. The zero-order chi connectivity index (χ0) is 21.2. The molecule has 2 aromatic rings. The lowest BCUT2D eigenvalue weighted by Crippen LogP contribution is -2.46. The summed E-state index contributed by atoms with van der Waals surface area (Å²) >= 11 is 5.80. The van der Waals surface area contributed by atoms with Crippen LogP contribution >= 0.6 is 11.6 Å². The van der Waals surface area contributed by atoms with Gasteiger partial charge in [-0.15, -0.1) is 0 Å². The zero-order valence-electron chi connectivity index (χ0n) is 16.8. The first-order chi connectivity index (χ1) is 13.5. The number of nitrogens with zero attached hydrogens (tertiary/aromatic N) is 4. The van der Waals surface area contributed by atoms with E-state index in [2.05, 4.69) is 10.1 Å². The Morgan fingerprint density at radius 2 is 2.03 bits per heavy atom. The van der Waals surface area contributed by atoms with Gasteiger partial charge < -0.3 is 9.47 Å². The number of esters is 1. The third-order valence-electron chi connectivity index (χ3n) is 5.53. The lowest BCUT2D eigenvalue weighted by Gasteiger charge is -2.29. The van der Waals surface area contributed by atoms with Crippen molar-refractivity contribution in [1.82, 2.24) is 19.7 Å². The van der Waals surface area contributed by atoms with Gasteiger partial charge in [0.1, 0.15) is 17.2 Å². The Bertz CT molecular complexity index is 1020. The smallest absolute Gasteiger partial charge is 0.411 e. The normalized spacial score (nSPS) is 25.8. The molecule has 1 amide bonds. The fraction of sp³-hybridized carbons (Fsp3) is 0.579. The van der Waals surface area contributed by atoms with E-state index in [9.17, 15) is 14.0 Å². The first kappa shape index (κ1) is 19.9. The maximum Gasteiger partial charge on any atom is 0.411 e. The number of pyridine rings is 1. The molecule has 8 nitrogen and oxygen atoms in total. The van der Waals surface area contributed by atoms with Crippen LogP contribution in [0.4, 0.5) is 9.18 Å². The number of rotatable bonds is 2. The summed E-state index contributed by atoms with van der Waals surface area (Å²) in [6, 6.07) is -0.771. The number of halogens is 2. The zero-order valence-corrected chi connectivity index (χ0v) is 17.5. The molecule has 0 spiro atoms. The van der Waals surface area contributed by atoms with E-state index in [1.807, 2.05) is 0 Å².